The Morgan fingerprint density at radius 3 is 1.24 bits per heavy atom. The van der Waals surface area contributed by atoms with Gasteiger partial charge >= 0.3 is 11.9 Å². The van der Waals surface area contributed by atoms with Crippen LogP contribution in [-0.4, -0.2) is 21.6 Å². The molecule has 0 aromatic carbocycles. The summed E-state index contributed by atoms with van der Waals surface area (Å²) in [7, 11) is 0. The van der Waals surface area contributed by atoms with Crippen LogP contribution in [-0.2, 0) is 14.3 Å². The number of esters is 2. The van der Waals surface area contributed by atoms with Gasteiger partial charge in [-0.1, -0.05) is 27.7 Å². The zero-order chi connectivity index (χ0) is 16.7. The molecule has 2 unspecified atom stereocenters. The number of alkyl halides is 4. The van der Waals surface area contributed by atoms with Crippen molar-refractivity contribution in [2.24, 2.45) is 23.7 Å². The first kappa shape index (κ1) is 21.3. The molecule has 0 saturated heterocycles. The molecular weight excluding hydrogens is 358 g/mol. The lowest BCUT2D eigenvalue weighted by atomic mass is 9.92. The summed E-state index contributed by atoms with van der Waals surface area (Å²) in [4.78, 5) is 22.9. The summed E-state index contributed by atoms with van der Waals surface area (Å²) in [6, 6.07) is 0. The van der Waals surface area contributed by atoms with Crippen molar-refractivity contribution >= 4 is 58.3 Å². The van der Waals surface area contributed by atoms with E-state index in [1.54, 1.807) is 0 Å². The molecule has 0 fully saturated rings. The van der Waals surface area contributed by atoms with Crippen molar-refractivity contribution in [2.75, 3.05) is 0 Å². The minimum absolute atomic E-state index is 0.0309. The topological polar surface area (TPSA) is 43.4 Å². The van der Waals surface area contributed by atoms with E-state index in [1.807, 2.05) is 27.7 Å². The Kier molecular flexibility index (Phi) is 10.3. The fourth-order valence-electron chi connectivity index (χ4n) is 1.92. The summed E-state index contributed by atoms with van der Waals surface area (Å²) in [6.07, 6.45) is 0.486. The van der Waals surface area contributed by atoms with Crippen LogP contribution in [0.25, 0.3) is 0 Å². The zero-order valence-electron chi connectivity index (χ0n) is 12.6. The monoisotopic (exact) mass is 378 g/mol. The van der Waals surface area contributed by atoms with E-state index in [9.17, 15) is 9.59 Å². The van der Waals surface area contributed by atoms with Crippen molar-refractivity contribution in [1.82, 2.24) is 0 Å². The van der Waals surface area contributed by atoms with Crippen molar-refractivity contribution in [1.29, 1.82) is 0 Å². The first-order valence-corrected chi connectivity index (χ1v) is 8.62. The van der Waals surface area contributed by atoms with Gasteiger partial charge in [-0.05, 0) is 24.7 Å². The van der Waals surface area contributed by atoms with Crippen molar-refractivity contribution in [3.63, 3.8) is 0 Å². The smallest absolute Gasteiger partial charge is 0.316 e. The molecule has 0 spiro atoms. The minimum Gasteiger partial charge on any atom is -0.393 e. The van der Waals surface area contributed by atoms with E-state index in [0.717, 1.165) is 0 Å². The average Bonchev–Trinajstić information content (AvgIpc) is 2.31. The third kappa shape index (κ3) is 8.49. The summed E-state index contributed by atoms with van der Waals surface area (Å²) in [5.74, 6) is -2.32. The van der Waals surface area contributed by atoms with Crippen molar-refractivity contribution in [3.05, 3.63) is 0 Å². The molecule has 0 saturated carbocycles. The molecule has 0 aromatic rings. The molecule has 0 amide bonds. The van der Waals surface area contributed by atoms with Gasteiger partial charge in [-0.15, -0.1) is 46.4 Å². The van der Waals surface area contributed by atoms with E-state index < -0.39 is 33.4 Å². The number of hydrogen-bond acceptors (Lipinski definition) is 3. The number of carbonyl (C=O) groups is 2. The predicted molar refractivity (Wildman–Crippen MR) is 88.0 cm³/mol. The SMILES string of the molecule is CC(C)C(CC(Cl)Cl)C(=O)OC(=O)C(CC(Cl)Cl)C(C)C. The largest absolute Gasteiger partial charge is 0.393 e. The normalized spacial score (nSPS) is 14.9. The Balaban J connectivity index is 4.81. The second-order valence-electron chi connectivity index (χ2n) is 5.69. The quantitative estimate of drug-likeness (QED) is 0.339. The van der Waals surface area contributed by atoms with E-state index in [1.165, 1.54) is 0 Å². The lowest BCUT2D eigenvalue weighted by molar-refractivity contribution is -0.167. The summed E-state index contributed by atoms with van der Waals surface area (Å²) in [5.41, 5.74) is 0. The maximum absolute atomic E-state index is 12.1. The number of hydrogen-bond donors (Lipinski definition) is 0. The number of ether oxygens (including phenoxy) is 1. The molecule has 0 bridgehead atoms. The molecule has 0 heterocycles. The highest BCUT2D eigenvalue weighted by molar-refractivity contribution is 6.44. The van der Waals surface area contributed by atoms with E-state index in [2.05, 4.69) is 0 Å². The fourth-order valence-corrected chi connectivity index (χ4v) is 2.68. The molecule has 0 radical (unpaired) electrons. The number of carbonyl (C=O) groups excluding carboxylic acids is 2. The lowest BCUT2D eigenvalue weighted by Gasteiger charge is -2.23. The molecule has 3 nitrogen and oxygen atoms in total. The number of rotatable bonds is 8. The van der Waals surface area contributed by atoms with Gasteiger partial charge in [-0.25, -0.2) is 0 Å². The third-order valence-electron chi connectivity index (χ3n) is 3.28. The molecule has 2 atom stereocenters. The predicted octanol–water partition coefficient (Wildman–Crippen LogP) is 4.99. The fraction of sp³-hybridized carbons (Fsp3) is 0.857. The van der Waals surface area contributed by atoms with Crippen LogP contribution < -0.4 is 0 Å². The van der Waals surface area contributed by atoms with Gasteiger partial charge in [0.1, 0.15) is 9.67 Å². The lowest BCUT2D eigenvalue weighted by Crippen LogP contribution is -2.32. The van der Waals surface area contributed by atoms with Crippen LogP contribution in [0.15, 0.2) is 0 Å². The van der Waals surface area contributed by atoms with Gasteiger partial charge in [0.05, 0.1) is 11.8 Å². The van der Waals surface area contributed by atoms with Gasteiger partial charge in [0.25, 0.3) is 0 Å². The van der Waals surface area contributed by atoms with Gasteiger partial charge < -0.3 is 4.74 Å². The van der Waals surface area contributed by atoms with E-state index in [0.29, 0.717) is 0 Å². The highest BCUT2D eigenvalue weighted by Crippen LogP contribution is 2.27. The molecule has 0 aromatic heterocycles. The first-order valence-electron chi connectivity index (χ1n) is 6.88. The maximum Gasteiger partial charge on any atom is 0.316 e. The van der Waals surface area contributed by atoms with Crippen molar-refractivity contribution in [3.8, 4) is 0 Å². The zero-order valence-corrected chi connectivity index (χ0v) is 15.6. The van der Waals surface area contributed by atoms with Crippen LogP contribution in [0.1, 0.15) is 40.5 Å². The van der Waals surface area contributed by atoms with E-state index in [-0.39, 0.29) is 24.7 Å². The summed E-state index contributed by atoms with van der Waals surface area (Å²) in [5, 5.41) is 0. The standard InChI is InChI=1S/C14H22Cl4O3/c1-7(2)9(5-11(15)16)13(19)21-14(20)10(8(3)4)6-12(17)18/h7-12H,5-6H2,1-4H3. The molecule has 0 aliphatic carbocycles. The van der Waals surface area contributed by atoms with Gasteiger partial charge in [0.15, 0.2) is 0 Å². The molecular formula is C14H22Cl4O3. The Bertz CT molecular complexity index is 311. The second kappa shape index (κ2) is 10.1. The maximum atomic E-state index is 12.1. The second-order valence-corrected chi connectivity index (χ2v) is 8.25. The van der Waals surface area contributed by atoms with Gasteiger partial charge in [-0.2, -0.15) is 0 Å². The first-order chi connectivity index (χ1) is 9.56. The molecule has 7 heteroatoms. The third-order valence-corrected chi connectivity index (χ3v) is 3.99. The summed E-state index contributed by atoms with van der Waals surface area (Å²) >= 11 is 22.9. The Morgan fingerprint density at radius 1 is 0.762 bits per heavy atom. The van der Waals surface area contributed by atoms with Crippen molar-refractivity contribution < 1.29 is 14.3 Å². The molecule has 124 valence electrons. The Hall–Kier alpha value is 0.300. The Labute approximate surface area is 146 Å². The minimum atomic E-state index is -0.684. The van der Waals surface area contributed by atoms with Crippen LogP contribution in [0.4, 0.5) is 0 Å². The van der Waals surface area contributed by atoms with Crippen LogP contribution in [0, 0.1) is 23.7 Å². The average molecular weight is 380 g/mol. The molecule has 0 aliphatic rings. The molecule has 0 rings (SSSR count). The van der Waals surface area contributed by atoms with Crippen LogP contribution in [0.2, 0.25) is 0 Å². The van der Waals surface area contributed by atoms with E-state index >= 15 is 0 Å². The van der Waals surface area contributed by atoms with E-state index in [4.69, 9.17) is 51.1 Å². The number of halogens is 4. The molecule has 0 N–H and O–H groups in total. The highest BCUT2D eigenvalue weighted by atomic mass is 35.5. The summed E-state index contributed by atoms with van der Waals surface area (Å²) < 4.78 is 4.99. The van der Waals surface area contributed by atoms with Crippen molar-refractivity contribution in [2.45, 2.75) is 50.2 Å². The molecule has 21 heavy (non-hydrogen) atoms. The van der Waals surface area contributed by atoms with Gasteiger partial charge in [-0.3, -0.25) is 9.59 Å². The molecule has 0 aliphatic heterocycles. The van der Waals surface area contributed by atoms with Crippen LogP contribution >= 0.6 is 46.4 Å². The summed E-state index contributed by atoms with van der Waals surface area (Å²) in [6.45, 7) is 7.39. The highest BCUT2D eigenvalue weighted by Gasteiger charge is 2.32. The van der Waals surface area contributed by atoms with Gasteiger partial charge in [0.2, 0.25) is 0 Å². The van der Waals surface area contributed by atoms with Gasteiger partial charge in [0, 0.05) is 0 Å². The van der Waals surface area contributed by atoms with Crippen LogP contribution in [0.3, 0.4) is 0 Å². The van der Waals surface area contributed by atoms with Crippen LogP contribution in [0.5, 0.6) is 0 Å². The Morgan fingerprint density at radius 2 is 1.05 bits per heavy atom.